The highest BCUT2D eigenvalue weighted by molar-refractivity contribution is 5.74. The fourth-order valence-electron chi connectivity index (χ4n) is 2.16. The SMILES string of the molecule is CC(Cc1ccco1)NCc1nc2ccccc2[nH]1. The first-order chi connectivity index (χ1) is 9.31. The molecule has 0 saturated heterocycles. The van der Waals surface area contributed by atoms with Gasteiger partial charge in [-0.2, -0.15) is 0 Å². The molecular weight excluding hydrogens is 238 g/mol. The van der Waals surface area contributed by atoms with Gasteiger partial charge in [0, 0.05) is 12.5 Å². The number of nitrogens with zero attached hydrogens (tertiary/aromatic N) is 1. The second-order valence-electron chi connectivity index (χ2n) is 4.77. The third-order valence-electron chi connectivity index (χ3n) is 3.14. The number of fused-ring (bicyclic) bond motifs is 1. The van der Waals surface area contributed by atoms with Crippen LogP contribution < -0.4 is 5.32 Å². The molecule has 0 aliphatic carbocycles. The van der Waals surface area contributed by atoms with Gasteiger partial charge in [0.05, 0.1) is 23.8 Å². The van der Waals surface area contributed by atoms with Crippen molar-refractivity contribution in [3.8, 4) is 0 Å². The number of H-pyrrole nitrogens is 1. The van der Waals surface area contributed by atoms with Gasteiger partial charge >= 0.3 is 0 Å². The van der Waals surface area contributed by atoms with E-state index >= 15 is 0 Å². The zero-order chi connectivity index (χ0) is 13.1. The third-order valence-corrected chi connectivity index (χ3v) is 3.14. The lowest BCUT2D eigenvalue weighted by Crippen LogP contribution is -2.27. The molecule has 4 heteroatoms. The van der Waals surface area contributed by atoms with Crippen LogP contribution in [0.4, 0.5) is 0 Å². The van der Waals surface area contributed by atoms with E-state index in [1.54, 1.807) is 6.26 Å². The quantitative estimate of drug-likeness (QED) is 0.737. The highest BCUT2D eigenvalue weighted by atomic mass is 16.3. The van der Waals surface area contributed by atoms with Crippen LogP contribution in [-0.4, -0.2) is 16.0 Å². The van der Waals surface area contributed by atoms with E-state index in [0.717, 1.165) is 35.6 Å². The Balaban J connectivity index is 1.59. The number of benzene rings is 1. The minimum atomic E-state index is 0.347. The highest BCUT2D eigenvalue weighted by Gasteiger charge is 2.07. The van der Waals surface area contributed by atoms with Crippen LogP contribution in [0.2, 0.25) is 0 Å². The molecule has 2 aromatic heterocycles. The molecule has 4 nitrogen and oxygen atoms in total. The first kappa shape index (κ1) is 12.0. The summed E-state index contributed by atoms with van der Waals surface area (Å²) in [6.07, 6.45) is 2.59. The van der Waals surface area contributed by atoms with E-state index in [-0.39, 0.29) is 0 Å². The largest absolute Gasteiger partial charge is 0.469 e. The number of aromatic nitrogens is 2. The van der Waals surface area contributed by atoms with Gasteiger partial charge in [-0.15, -0.1) is 0 Å². The van der Waals surface area contributed by atoms with E-state index in [4.69, 9.17) is 4.42 Å². The van der Waals surface area contributed by atoms with Crippen molar-refractivity contribution in [1.82, 2.24) is 15.3 Å². The maximum atomic E-state index is 5.34. The molecule has 3 rings (SSSR count). The Morgan fingerprint density at radius 3 is 2.95 bits per heavy atom. The minimum absolute atomic E-state index is 0.347. The minimum Gasteiger partial charge on any atom is -0.469 e. The molecule has 0 spiro atoms. The van der Waals surface area contributed by atoms with Crippen LogP contribution >= 0.6 is 0 Å². The lowest BCUT2D eigenvalue weighted by Gasteiger charge is -2.10. The Labute approximate surface area is 111 Å². The molecule has 0 aliphatic heterocycles. The summed E-state index contributed by atoms with van der Waals surface area (Å²) in [5.74, 6) is 1.97. The molecule has 2 N–H and O–H groups in total. The molecule has 19 heavy (non-hydrogen) atoms. The number of para-hydroxylation sites is 2. The van der Waals surface area contributed by atoms with Crippen LogP contribution in [0.15, 0.2) is 47.1 Å². The van der Waals surface area contributed by atoms with Gasteiger partial charge in [-0.25, -0.2) is 4.98 Å². The second kappa shape index (κ2) is 5.28. The molecule has 0 bridgehead atoms. The van der Waals surface area contributed by atoms with Gasteiger partial charge in [0.2, 0.25) is 0 Å². The van der Waals surface area contributed by atoms with E-state index in [1.165, 1.54) is 0 Å². The first-order valence-electron chi connectivity index (χ1n) is 6.50. The van der Waals surface area contributed by atoms with E-state index in [9.17, 15) is 0 Å². The summed E-state index contributed by atoms with van der Waals surface area (Å²) in [6.45, 7) is 2.88. The molecule has 0 aliphatic rings. The Kier molecular flexibility index (Phi) is 3.33. The Morgan fingerprint density at radius 2 is 2.16 bits per heavy atom. The fraction of sp³-hybridized carbons (Fsp3) is 0.267. The van der Waals surface area contributed by atoms with Crippen molar-refractivity contribution >= 4 is 11.0 Å². The molecule has 0 amide bonds. The van der Waals surface area contributed by atoms with Gasteiger partial charge in [0.1, 0.15) is 11.6 Å². The maximum Gasteiger partial charge on any atom is 0.121 e. The Bertz CT molecular complexity index is 609. The van der Waals surface area contributed by atoms with E-state index in [2.05, 4.69) is 22.2 Å². The fourth-order valence-corrected chi connectivity index (χ4v) is 2.16. The summed E-state index contributed by atoms with van der Waals surface area (Å²) in [4.78, 5) is 7.85. The summed E-state index contributed by atoms with van der Waals surface area (Å²) in [6, 6.07) is 12.3. The van der Waals surface area contributed by atoms with Gasteiger partial charge in [0.15, 0.2) is 0 Å². The number of rotatable bonds is 5. The molecule has 98 valence electrons. The van der Waals surface area contributed by atoms with Crippen molar-refractivity contribution in [3.63, 3.8) is 0 Å². The van der Waals surface area contributed by atoms with Crippen molar-refractivity contribution in [2.45, 2.75) is 25.9 Å². The highest BCUT2D eigenvalue weighted by Crippen LogP contribution is 2.10. The Hall–Kier alpha value is -2.07. The van der Waals surface area contributed by atoms with Crippen LogP contribution in [0, 0.1) is 0 Å². The van der Waals surface area contributed by atoms with Crippen molar-refractivity contribution < 1.29 is 4.42 Å². The number of hydrogen-bond acceptors (Lipinski definition) is 3. The number of furan rings is 1. The van der Waals surface area contributed by atoms with Gasteiger partial charge in [-0.3, -0.25) is 0 Å². The molecule has 1 aromatic carbocycles. The zero-order valence-electron chi connectivity index (χ0n) is 10.9. The normalized spacial score (nSPS) is 12.9. The van der Waals surface area contributed by atoms with Crippen LogP contribution in [-0.2, 0) is 13.0 Å². The van der Waals surface area contributed by atoms with E-state index in [0.29, 0.717) is 6.04 Å². The van der Waals surface area contributed by atoms with Crippen LogP contribution in [0.25, 0.3) is 11.0 Å². The van der Waals surface area contributed by atoms with Crippen molar-refractivity contribution in [2.75, 3.05) is 0 Å². The predicted octanol–water partition coefficient (Wildman–Crippen LogP) is 2.88. The summed E-state index contributed by atoms with van der Waals surface area (Å²) >= 11 is 0. The van der Waals surface area contributed by atoms with Gasteiger partial charge < -0.3 is 14.7 Å². The molecule has 1 unspecified atom stereocenters. The van der Waals surface area contributed by atoms with E-state index in [1.807, 2.05) is 36.4 Å². The maximum absolute atomic E-state index is 5.34. The lowest BCUT2D eigenvalue weighted by atomic mass is 10.2. The third kappa shape index (κ3) is 2.85. The molecule has 2 heterocycles. The smallest absolute Gasteiger partial charge is 0.121 e. The second-order valence-corrected chi connectivity index (χ2v) is 4.77. The van der Waals surface area contributed by atoms with E-state index < -0.39 is 0 Å². The zero-order valence-corrected chi connectivity index (χ0v) is 10.9. The monoisotopic (exact) mass is 255 g/mol. The predicted molar refractivity (Wildman–Crippen MR) is 74.8 cm³/mol. The summed E-state index contributed by atoms with van der Waals surface area (Å²) in [7, 11) is 0. The van der Waals surface area contributed by atoms with Crippen LogP contribution in [0.1, 0.15) is 18.5 Å². The molecule has 3 aromatic rings. The van der Waals surface area contributed by atoms with Crippen LogP contribution in [0.5, 0.6) is 0 Å². The van der Waals surface area contributed by atoms with Crippen molar-refractivity contribution in [3.05, 3.63) is 54.2 Å². The van der Waals surface area contributed by atoms with Gasteiger partial charge in [0.25, 0.3) is 0 Å². The standard InChI is InChI=1S/C15H17N3O/c1-11(9-12-5-4-8-19-12)16-10-15-17-13-6-2-3-7-14(13)18-15/h2-8,11,16H,9-10H2,1H3,(H,17,18). The van der Waals surface area contributed by atoms with Gasteiger partial charge in [-0.1, -0.05) is 12.1 Å². The van der Waals surface area contributed by atoms with Gasteiger partial charge in [-0.05, 0) is 31.2 Å². The first-order valence-corrected chi connectivity index (χ1v) is 6.50. The Morgan fingerprint density at radius 1 is 1.26 bits per heavy atom. The number of imidazole rings is 1. The molecule has 0 radical (unpaired) electrons. The number of aromatic amines is 1. The summed E-state index contributed by atoms with van der Waals surface area (Å²) in [5, 5.41) is 3.44. The van der Waals surface area contributed by atoms with Crippen LogP contribution in [0.3, 0.4) is 0 Å². The summed E-state index contributed by atoms with van der Waals surface area (Å²) in [5.41, 5.74) is 2.09. The number of nitrogens with one attached hydrogen (secondary N) is 2. The van der Waals surface area contributed by atoms with Crippen molar-refractivity contribution in [1.29, 1.82) is 0 Å². The average molecular weight is 255 g/mol. The molecule has 1 atom stereocenters. The topological polar surface area (TPSA) is 53.9 Å². The number of hydrogen-bond donors (Lipinski definition) is 2. The molecule has 0 fully saturated rings. The summed E-state index contributed by atoms with van der Waals surface area (Å²) < 4.78 is 5.34. The molecular formula is C15H17N3O. The lowest BCUT2D eigenvalue weighted by molar-refractivity contribution is 0.454. The average Bonchev–Trinajstić information content (AvgIpc) is 3.04. The molecule has 0 saturated carbocycles. The van der Waals surface area contributed by atoms with Crippen molar-refractivity contribution in [2.24, 2.45) is 0 Å².